The number of nitrogens with two attached hydrogens (primary N) is 2. The van der Waals surface area contributed by atoms with Crippen molar-refractivity contribution in [3.8, 4) is 0 Å². The Hall–Kier alpha value is -2.64. The first kappa shape index (κ1) is 15.4. The van der Waals surface area contributed by atoms with E-state index < -0.39 is 22.2 Å². The van der Waals surface area contributed by atoms with Crippen molar-refractivity contribution in [1.29, 1.82) is 0 Å². The highest BCUT2D eigenvalue weighted by atomic mass is 16.6. The number of nitro groups is 1. The topological polar surface area (TPSA) is 141 Å². The van der Waals surface area contributed by atoms with Gasteiger partial charge in [-0.2, -0.15) is 0 Å². The van der Waals surface area contributed by atoms with E-state index in [4.69, 9.17) is 11.5 Å². The normalized spacial score (nSPS) is 10.9. The second-order valence-corrected chi connectivity index (χ2v) is 4.95. The van der Waals surface area contributed by atoms with Crippen molar-refractivity contribution < 1.29 is 14.5 Å². The second kappa shape index (κ2) is 5.55. The van der Waals surface area contributed by atoms with E-state index in [9.17, 15) is 19.7 Å². The molecule has 0 aliphatic carbocycles. The van der Waals surface area contributed by atoms with Gasteiger partial charge in [0.15, 0.2) is 0 Å². The monoisotopic (exact) mass is 280 g/mol. The number of carbonyl (C=O) groups excluding carboxylic acids is 2. The van der Waals surface area contributed by atoms with Crippen LogP contribution in [0.1, 0.15) is 24.2 Å². The average Bonchev–Trinajstić information content (AvgIpc) is 2.35. The van der Waals surface area contributed by atoms with Gasteiger partial charge in [-0.15, -0.1) is 0 Å². The number of amides is 2. The lowest BCUT2D eigenvalue weighted by Gasteiger charge is -2.21. The molecule has 0 bridgehead atoms. The van der Waals surface area contributed by atoms with E-state index in [0.29, 0.717) is 0 Å². The third kappa shape index (κ3) is 3.44. The molecule has 0 radical (unpaired) electrons. The van der Waals surface area contributed by atoms with Gasteiger partial charge in [0.05, 0.1) is 10.3 Å². The number of nitrogens with one attached hydrogen (secondary N) is 1. The van der Waals surface area contributed by atoms with E-state index in [2.05, 4.69) is 5.32 Å². The summed E-state index contributed by atoms with van der Waals surface area (Å²) in [6.45, 7) is 3.36. The smallest absolute Gasteiger partial charge is 0.293 e. The number of hydrogen-bond donors (Lipinski definition) is 3. The molecule has 1 aromatic carbocycles. The van der Waals surface area contributed by atoms with Crippen LogP contribution in [-0.2, 0) is 4.79 Å². The Morgan fingerprint density at radius 1 is 1.35 bits per heavy atom. The standard InChI is InChI=1S/C12H16N4O4/c1-12(2,11(14)18)6-15-8-4-3-7(10(13)17)5-9(8)16(19)20/h3-5,15H,6H2,1-2H3,(H2,13,17)(H2,14,18). The van der Waals surface area contributed by atoms with Gasteiger partial charge in [-0.25, -0.2) is 0 Å². The number of hydrogen-bond acceptors (Lipinski definition) is 5. The van der Waals surface area contributed by atoms with Crippen LogP contribution < -0.4 is 16.8 Å². The maximum atomic E-state index is 11.2. The first-order chi connectivity index (χ1) is 9.15. The molecule has 0 heterocycles. The quantitative estimate of drug-likeness (QED) is 0.517. The zero-order valence-electron chi connectivity index (χ0n) is 11.2. The van der Waals surface area contributed by atoms with Crippen LogP contribution in [0.4, 0.5) is 11.4 Å². The van der Waals surface area contributed by atoms with Crippen molar-refractivity contribution in [2.24, 2.45) is 16.9 Å². The molecule has 0 aliphatic heterocycles. The lowest BCUT2D eigenvalue weighted by atomic mass is 9.92. The molecule has 0 aromatic heterocycles. The molecule has 5 N–H and O–H groups in total. The molecule has 0 fully saturated rings. The van der Waals surface area contributed by atoms with Gasteiger partial charge in [0.1, 0.15) is 5.69 Å². The molecular formula is C12H16N4O4. The molecule has 8 nitrogen and oxygen atoms in total. The molecule has 108 valence electrons. The van der Waals surface area contributed by atoms with Gasteiger partial charge in [0.2, 0.25) is 11.8 Å². The molecule has 0 saturated carbocycles. The predicted molar refractivity (Wildman–Crippen MR) is 73.1 cm³/mol. The number of carbonyl (C=O) groups is 2. The van der Waals surface area contributed by atoms with Crippen LogP contribution >= 0.6 is 0 Å². The van der Waals surface area contributed by atoms with Crippen molar-refractivity contribution >= 4 is 23.2 Å². The molecule has 0 saturated heterocycles. The molecule has 0 unspecified atom stereocenters. The third-order valence-corrected chi connectivity index (χ3v) is 2.87. The Labute approximate surface area is 115 Å². The van der Waals surface area contributed by atoms with Crippen molar-refractivity contribution in [3.63, 3.8) is 0 Å². The molecule has 2 amide bonds. The SMILES string of the molecule is CC(C)(CNc1ccc(C(N)=O)cc1[N+](=O)[O-])C(N)=O. The number of benzene rings is 1. The highest BCUT2D eigenvalue weighted by Crippen LogP contribution is 2.27. The zero-order chi connectivity index (χ0) is 15.5. The van der Waals surface area contributed by atoms with Gasteiger partial charge in [-0.1, -0.05) is 0 Å². The highest BCUT2D eigenvalue weighted by Gasteiger charge is 2.26. The average molecular weight is 280 g/mol. The van der Waals surface area contributed by atoms with E-state index in [1.807, 2.05) is 0 Å². The fraction of sp³-hybridized carbons (Fsp3) is 0.333. The molecule has 1 rings (SSSR count). The third-order valence-electron chi connectivity index (χ3n) is 2.87. The van der Waals surface area contributed by atoms with Gasteiger partial charge in [0, 0.05) is 18.2 Å². The van der Waals surface area contributed by atoms with Crippen molar-refractivity contribution in [2.75, 3.05) is 11.9 Å². The van der Waals surface area contributed by atoms with Crippen LogP contribution in [0.25, 0.3) is 0 Å². The first-order valence-corrected chi connectivity index (χ1v) is 5.77. The number of nitrogens with zero attached hydrogens (tertiary/aromatic N) is 1. The molecule has 8 heteroatoms. The van der Waals surface area contributed by atoms with Gasteiger partial charge in [0.25, 0.3) is 5.69 Å². The van der Waals surface area contributed by atoms with Crippen molar-refractivity contribution in [3.05, 3.63) is 33.9 Å². The zero-order valence-corrected chi connectivity index (χ0v) is 11.2. The Kier molecular flexibility index (Phi) is 4.28. The molecule has 0 atom stereocenters. The Morgan fingerprint density at radius 3 is 2.40 bits per heavy atom. The van der Waals surface area contributed by atoms with Gasteiger partial charge in [-0.3, -0.25) is 19.7 Å². The van der Waals surface area contributed by atoms with E-state index >= 15 is 0 Å². The van der Waals surface area contributed by atoms with Gasteiger partial charge >= 0.3 is 0 Å². The summed E-state index contributed by atoms with van der Waals surface area (Å²) >= 11 is 0. The van der Waals surface area contributed by atoms with Crippen LogP contribution in [0.2, 0.25) is 0 Å². The fourth-order valence-corrected chi connectivity index (χ4v) is 1.39. The summed E-state index contributed by atoms with van der Waals surface area (Å²) in [7, 11) is 0. The fourth-order valence-electron chi connectivity index (χ4n) is 1.39. The Bertz CT molecular complexity index is 569. The summed E-state index contributed by atoms with van der Waals surface area (Å²) in [5, 5.41) is 13.8. The van der Waals surface area contributed by atoms with E-state index in [1.165, 1.54) is 12.1 Å². The summed E-state index contributed by atoms with van der Waals surface area (Å²) < 4.78 is 0. The predicted octanol–water partition coefficient (Wildman–Crippen LogP) is 0.617. The minimum Gasteiger partial charge on any atom is -0.378 e. The number of primary amides is 2. The van der Waals surface area contributed by atoms with Crippen LogP contribution in [0.15, 0.2) is 18.2 Å². The largest absolute Gasteiger partial charge is 0.378 e. The Balaban J connectivity index is 3.04. The van der Waals surface area contributed by atoms with E-state index in [1.54, 1.807) is 13.8 Å². The summed E-state index contributed by atoms with van der Waals surface area (Å²) in [4.78, 5) is 32.5. The summed E-state index contributed by atoms with van der Waals surface area (Å²) in [5.41, 5.74) is 9.37. The van der Waals surface area contributed by atoms with Gasteiger partial charge < -0.3 is 16.8 Å². The van der Waals surface area contributed by atoms with Crippen molar-refractivity contribution in [2.45, 2.75) is 13.8 Å². The minimum atomic E-state index is -0.865. The lowest BCUT2D eigenvalue weighted by Crippen LogP contribution is -2.37. The van der Waals surface area contributed by atoms with Crippen molar-refractivity contribution in [1.82, 2.24) is 0 Å². The van der Waals surface area contributed by atoms with E-state index in [-0.39, 0.29) is 23.5 Å². The molecule has 20 heavy (non-hydrogen) atoms. The summed E-state index contributed by atoms with van der Waals surface area (Å²) in [6.07, 6.45) is 0. The number of nitro benzene ring substituents is 1. The van der Waals surface area contributed by atoms with Crippen LogP contribution in [0, 0.1) is 15.5 Å². The molecule has 1 aromatic rings. The highest BCUT2D eigenvalue weighted by molar-refractivity contribution is 5.94. The first-order valence-electron chi connectivity index (χ1n) is 5.77. The molecular weight excluding hydrogens is 264 g/mol. The molecule has 0 spiro atoms. The Morgan fingerprint density at radius 2 is 1.95 bits per heavy atom. The number of rotatable bonds is 6. The summed E-state index contributed by atoms with van der Waals surface area (Å²) in [6, 6.07) is 3.83. The second-order valence-electron chi connectivity index (χ2n) is 4.95. The van der Waals surface area contributed by atoms with Gasteiger partial charge in [-0.05, 0) is 26.0 Å². The van der Waals surface area contributed by atoms with Crippen LogP contribution in [-0.4, -0.2) is 23.3 Å². The maximum absolute atomic E-state index is 11.2. The maximum Gasteiger partial charge on any atom is 0.293 e. The van der Waals surface area contributed by atoms with E-state index in [0.717, 1.165) is 6.07 Å². The minimum absolute atomic E-state index is 0.0383. The lowest BCUT2D eigenvalue weighted by molar-refractivity contribution is -0.384. The molecule has 0 aliphatic rings. The number of anilines is 1. The van der Waals surface area contributed by atoms with Crippen LogP contribution in [0.5, 0.6) is 0 Å². The van der Waals surface area contributed by atoms with Crippen LogP contribution in [0.3, 0.4) is 0 Å². The summed E-state index contributed by atoms with van der Waals surface area (Å²) in [5.74, 6) is -1.28.